The molecule has 1 aromatic heterocycles. The van der Waals surface area contributed by atoms with E-state index in [1.54, 1.807) is 0 Å². The molecule has 0 saturated carbocycles. The largest absolute Gasteiger partial charge is 0.358 e. The van der Waals surface area contributed by atoms with Gasteiger partial charge < -0.3 is 10.2 Å². The fourth-order valence-electron chi connectivity index (χ4n) is 1.35. The Morgan fingerprint density at radius 1 is 1.27 bits per heavy atom. The third kappa shape index (κ3) is 3.83. The van der Waals surface area contributed by atoms with Crippen LogP contribution in [0.4, 0.5) is 5.82 Å². The summed E-state index contributed by atoms with van der Waals surface area (Å²) < 4.78 is 0. The van der Waals surface area contributed by atoms with Crippen LogP contribution >= 0.6 is 0 Å². The van der Waals surface area contributed by atoms with Crippen molar-refractivity contribution >= 4 is 5.82 Å². The Bertz CT molecular complexity index is 270. The van der Waals surface area contributed by atoms with Crippen molar-refractivity contribution in [1.82, 2.24) is 15.5 Å². The van der Waals surface area contributed by atoms with E-state index in [9.17, 15) is 0 Å². The molecule has 4 heteroatoms. The number of nitrogens with zero attached hydrogens (tertiary/aromatic N) is 3. The van der Waals surface area contributed by atoms with Gasteiger partial charge >= 0.3 is 0 Å². The van der Waals surface area contributed by atoms with Crippen molar-refractivity contribution in [3.05, 3.63) is 17.8 Å². The predicted molar refractivity (Wildman–Crippen MR) is 63.0 cm³/mol. The summed E-state index contributed by atoms with van der Waals surface area (Å²) in [5.74, 6) is 0.942. The first kappa shape index (κ1) is 11.9. The average Bonchev–Trinajstić information content (AvgIpc) is 2.27. The fourth-order valence-corrected chi connectivity index (χ4v) is 1.35. The van der Waals surface area contributed by atoms with Gasteiger partial charge in [0.1, 0.15) is 0 Å². The molecule has 84 valence electrons. The standard InChI is InChI=1S/C11H20N4/c1-4-8-15(3)11-7-6-10(13-14-11)9-12-5-2/h6-7,12H,4-5,8-9H2,1-3H3. The molecule has 0 aromatic carbocycles. The van der Waals surface area contributed by atoms with Crippen molar-refractivity contribution in [2.24, 2.45) is 0 Å². The lowest BCUT2D eigenvalue weighted by molar-refractivity contribution is 0.696. The molecule has 0 aliphatic carbocycles. The van der Waals surface area contributed by atoms with Gasteiger partial charge in [0.05, 0.1) is 5.69 Å². The van der Waals surface area contributed by atoms with E-state index in [4.69, 9.17) is 0 Å². The highest BCUT2D eigenvalue weighted by Crippen LogP contribution is 2.07. The third-order valence-electron chi connectivity index (χ3n) is 2.21. The molecule has 1 aromatic rings. The summed E-state index contributed by atoms with van der Waals surface area (Å²) in [6.07, 6.45) is 1.12. The summed E-state index contributed by atoms with van der Waals surface area (Å²) in [7, 11) is 2.04. The van der Waals surface area contributed by atoms with Crippen LogP contribution in [0, 0.1) is 0 Å². The molecule has 0 amide bonds. The molecule has 0 aliphatic heterocycles. The van der Waals surface area contributed by atoms with Gasteiger partial charge in [-0.25, -0.2) is 0 Å². The summed E-state index contributed by atoms with van der Waals surface area (Å²) in [4.78, 5) is 2.12. The van der Waals surface area contributed by atoms with Gasteiger partial charge in [-0.05, 0) is 25.1 Å². The summed E-state index contributed by atoms with van der Waals surface area (Å²) in [5.41, 5.74) is 0.991. The molecule has 0 fully saturated rings. The number of hydrogen-bond donors (Lipinski definition) is 1. The van der Waals surface area contributed by atoms with Crippen molar-refractivity contribution in [3.63, 3.8) is 0 Å². The molecule has 0 unspecified atom stereocenters. The molecule has 15 heavy (non-hydrogen) atoms. The van der Waals surface area contributed by atoms with Gasteiger partial charge in [-0.15, -0.1) is 5.10 Å². The van der Waals surface area contributed by atoms with Gasteiger partial charge in [0.25, 0.3) is 0 Å². The highest BCUT2D eigenvalue weighted by molar-refractivity contribution is 5.35. The zero-order valence-electron chi connectivity index (χ0n) is 9.82. The van der Waals surface area contributed by atoms with E-state index in [2.05, 4.69) is 34.3 Å². The Morgan fingerprint density at radius 2 is 2.07 bits per heavy atom. The third-order valence-corrected chi connectivity index (χ3v) is 2.21. The van der Waals surface area contributed by atoms with Crippen molar-refractivity contribution in [2.75, 3.05) is 25.0 Å². The van der Waals surface area contributed by atoms with Crippen LogP contribution in [0.15, 0.2) is 12.1 Å². The summed E-state index contributed by atoms with van der Waals surface area (Å²) in [6, 6.07) is 4.05. The lowest BCUT2D eigenvalue weighted by Crippen LogP contribution is -2.20. The number of anilines is 1. The Hall–Kier alpha value is -1.16. The lowest BCUT2D eigenvalue weighted by atomic mass is 10.3. The maximum atomic E-state index is 4.19. The van der Waals surface area contributed by atoms with E-state index in [-0.39, 0.29) is 0 Å². The number of aromatic nitrogens is 2. The van der Waals surface area contributed by atoms with Crippen LogP contribution in [-0.4, -0.2) is 30.3 Å². The van der Waals surface area contributed by atoms with Crippen LogP contribution in [-0.2, 0) is 6.54 Å². The zero-order chi connectivity index (χ0) is 11.1. The Kier molecular flexibility index (Phi) is 5.04. The molecule has 0 bridgehead atoms. The second-order valence-electron chi connectivity index (χ2n) is 3.58. The molecule has 0 aliphatic rings. The van der Waals surface area contributed by atoms with Crippen LogP contribution in [0.2, 0.25) is 0 Å². The SMILES string of the molecule is CCCN(C)c1ccc(CNCC)nn1. The van der Waals surface area contributed by atoms with Crippen molar-refractivity contribution in [2.45, 2.75) is 26.8 Å². The molecule has 0 spiro atoms. The van der Waals surface area contributed by atoms with E-state index < -0.39 is 0 Å². The number of nitrogens with one attached hydrogen (secondary N) is 1. The van der Waals surface area contributed by atoms with E-state index in [0.717, 1.165) is 37.6 Å². The highest BCUT2D eigenvalue weighted by Gasteiger charge is 2.01. The van der Waals surface area contributed by atoms with Gasteiger partial charge in [0.2, 0.25) is 0 Å². The minimum atomic E-state index is 0.793. The van der Waals surface area contributed by atoms with E-state index in [0.29, 0.717) is 0 Å². The molecule has 1 N–H and O–H groups in total. The lowest BCUT2D eigenvalue weighted by Gasteiger charge is -2.16. The second kappa shape index (κ2) is 6.35. The normalized spacial score (nSPS) is 10.3. The number of rotatable bonds is 6. The van der Waals surface area contributed by atoms with Gasteiger partial charge in [-0.1, -0.05) is 13.8 Å². The quantitative estimate of drug-likeness (QED) is 0.768. The maximum Gasteiger partial charge on any atom is 0.150 e. The first-order valence-corrected chi connectivity index (χ1v) is 5.52. The summed E-state index contributed by atoms with van der Waals surface area (Å²) >= 11 is 0. The van der Waals surface area contributed by atoms with E-state index in [1.165, 1.54) is 0 Å². The molecule has 0 saturated heterocycles. The van der Waals surface area contributed by atoms with Crippen molar-refractivity contribution in [1.29, 1.82) is 0 Å². The minimum absolute atomic E-state index is 0.793. The predicted octanol–water partition coefficient (Wildman–Crippen LogP) is 1.43. The van der Waals surface area contributed by atoms with Gasteiger partial charge in [0, 0.05) is 20.1 Å². The van der Waals surface area contributed by atoms with Gasteiger partial charge in [0.15, 0.2) is 5.82 Å². The topological polar surface area (TPSA) is 41.0 Å². The van der Waals surface area contributed by atoms with Gasteiger partial charge in [-0.3, -0.25) is 0 Å². The molecule has 1 rings (SSSR count). The summed E-state index contributed by atoms with van der Waals surface area (Å²) in [5, 5.41) is 11.6. The molecular weight excluding hydrogens is 188 g/mol. The highest BCUT2D eigenvalue weighted by atomic mass is 15.2. The minimum Gasteiger partial charge on any atom is -0.358 e. The fraction of sp³-hybridized carbons (Fsp3) is 0.636. The molecule has 0 atom stereocenters. The molecule has 4 nitrogen and oxygen atoms in total. The zero-order valence-corrected chi connectivity index (χ0v) is 9.82. The first-order valence-electron chi connectivity index (χ1n) is 5.52. The molecule has 1 heterocycles. The van der Waals surface area contributed by atoms with Crippen molar-refractivity contribution < 1.29 is 0 Å². The average molecular weight is 208 g/mol. The van der Waals surface area contributed by atoms with Crippen LogP contribution in [0.1, 0.15) is 26.0 Å². The van der Waals surface area contributed by atoms with E-state index in [1.807, 2.05) is 19.2 Å². The Morgan fingerprint density at radius 3 is 2.60 bits per heavy atom. The Balaban J connectivity index is 2.55. The van der Waals surface area contributed by atoms with Crippen LogP contribution in [0.3, 0.4) is 0 Å². The van der Waals surface area contributed by atoms with E-state index >= 15 is 0 Å². The first-order chi connectivity index (χ1) is 7.27. The maximum absolute atomic E-state index is 4.19. The number of hydrogen-bond acceptors (Lipinski definition) is 4. The summed E-state index contributed by atoms with van der Waals surface area (Å²) in [6.45, 7) is 7.00. The Labute approximate surface area is 91.7 Å². The molecule has 0 radical (unpaired) electrons. The van der Waals surface area contributed by atoms with Gasteiger partial charge in [-0.2, -0.15) is 5.10 Å². The van der Waals surface area contributed by atoms with Crippen LogP contribution in [0.5, 0.6) is 0 Å². The smallest absolute Gasteiger partial charge is 0.150 e. The molecular formula is C11H20N4. The second-order valence-corrected chi connectivity index (χ2v) is 3.58. The van der Waals surface area contributed by atoms with Crippen LogP contribution < -0.4 is 10.2 Å². The van der Waals surface area contributed by atoms with Crippen molar-refractivity contribution in [3.8, 4) is 0 Å². The monoisotopic (exact) mass is 208 g/mol. The van der Waals surface area contributed by atoms with Crippen LogP contribution in [0.25, 0.3) is 0 Å².